The highest BCUT2D eigenvalue weighted by molar-refractivity contribution is 5.36. The van der Waals surface area contributed by atoms with Gasteiger partial charge < -0.3 is 5.11 Å². The summed E-state index contributed by atoms with van der Waals surface area (Å²) >= 11 is 0. The normalized spacial score (nSPS) is 15.0. The molecule has 0 radical (unpaired) electrons. The maximum absolute atomic E-state index is 12.5. The Balaban J connectivity index is 1.90. The van der Waals surface area contributed by atoms with E-state index < -0.39 is 6.43 Å². The smallest absolute Gasteiger partial charge is 0.263 e. The fraction of sp³-hybridized carbons (Fsp3) is 0.429. The molecule has 2 aromatic rings. The van der Waals surface area contributed by atoms with Crippen LogP contribution in [0.2, 0.25) is 0 Å². The molecule has 0 bridgehead atoms. The van der Waals surface area contributed by atoms with E-state index in [1.54, 1.807) is 12.1 Å². The van der Waals surface area contributed by atoms with Crippen molar-refractivity contribution in [2.24, 2.45) is 5.92 Å². The molecule has 6 heteroatoms. The molecule has 0 unspecified atom stereocenters. The van der Waals surface area contributed by atoms with Crippen molar-refractivity contribution in [2.45, 2.75) is 32.3 Å². The molecule has 0 saturated heterocycles. The molecule has 1 aromatic carbocycles. The summed E-state index contributed by atoms with van der Waals surface area (Å²) in [6.45, 7) is -0.161. The van der Waals surface area contributed by atoms with Crippen molar-refractivity contribution >= 4 is 0 Å². The number of benzene rings is 1. The maximum Gasteiger partial charge on any atom is 0.263 e. The summed E-state index contributed by atoms with van der Waals surface area (Å²) in [5.74, 6) is 0.645. The van der Waals surface area contributed by atoms with Crippen LogP contribution in [0.3, 0.4) is 0 Å². The molecule has 106 valence electrons. The van der Waals surface area contributed by atoms with Crippen molar-refractivity contribution < 1.29 is 13.9 Å². The van der Waals surface area contributed by atoms with E-state index in [-0.39, 0.29) is 12.2 Å². The first-order valence-electron chi connectivity index (χ1n) is 6.62. The number of alkyl halides is 2. The van der Waals surface area contributed by atoms with Gasteiger partial charge in [0, 0.05) is 5.56 Å². The Morgan fingerprint density at radius 3 is 2.50 bits per heavy atom. The Labute approximate surface area is 115 Å². The molecule has 0 spiro atoms. The monoisotopic (exact) mass is 279 g/mol. The maximum atomic E-state index is 12.5. The van der Waals surface area contributed by atoms with E-state index in [1.165, 1.54) is 29.7 Å². The molecule has 20 heavy (non-hydrogen) atoms. The van der Waals surface area contributed by atoms with Gasteiger partial charge in [0.05, 0.1) is 23.7 Å². The van der Waals surface area contributed by atoms with Crippen LogP contribution in [0.5, 0.6) is 0 Å². The van der Waals surface area contributed by atoms with Crippen molar-refractivity contribution in [2.75, 3.05) is 0 Å². The summed E-state index contributed by atoms with van der Waals surface area (Å²) in [5, 5.41) is 17.6. The average Bonchev–Trinajstić information content (AvgIpc) is 3.17. The second-order valence-electron chi connectivity index (χ2n) is 5.09. The summed E-state index contributed by atoms with van der Waals surface area (Å²) < 4.78 is 26.6. The fourth-order valence-corrected chi connectivity index (χ4v) is 2.21. The second kappa shape index (κ2) is 5.28. The van der Waals surface area contributed by atoms with E-state index in [1.807, 2.05) is 0 Å². The second-order valence-corrected chi connectivity index (χ2v) is 5.09. The SMILES string of the molecule is OCc1c(CC2CC2)nnn1-c1ccc(C(F)F)cc1. The lowest BCUT2D eigenvalue weighted by atomic mass is 10.1. The van der Waals surface area contributed by atoms with Gasteiger partial charge in [-0.15, -0.1) is 5.10 Å². The zero-order chi connectivity index (χ0) is 14.1. The lowest BCUT2D eigenvalue weighted by Crippen LogP contribution is -2.04. The van der Waals surface area contributed by atoms with Gasteiger partial charge in [0.25, 0.3) is 6.43 Å². The van der Waals surface area contributed by atoms with Gasteiger partial charge in [0.1, 0.15) is 0 Å². The summed E-state index contributed by atoms with van der Waals surface area (Å²) in [6.07, 6.45) is 0.731. The lowest BCUT2D eigenvalue weighted by Gasteiger charge is -2.06. The first kappa shape index (κ1) is 13.2. The Morgan fingerprint density at radius 2 is 1.95 bits per heavy atom. The predicted octanol–water partition coefficient (Wildman–Crippen LogP) is 2.65. The van der Waals surface area contributed by atoms with Gasteiger partial charge in [-0.25, -0.2) is 13.5 Å². The van der Waals surface area contributed by atoms with Gasteiger partial charge in [0.15, 0.2) is 0 Å². The van der Waals surface area contributed by atoms with Crippen LogP contribution < -0.4 is 0 Å². The Morgan fingerprint density at radius 1 is 1.25 bits per heavy atom. The van der Waals surface area contributed by atoms with E-state index in [9.17, 15) is 13.9 Å². The topological polar surface area (TPSA) is 50.9 Å². The lowest BCUT2D eigenvalue weighted by molar-refractivity contribution is 0.151. The molecule has 0 aliphatic heterocycles. The summed E-state index contributed by atoms with van der Waals surface area (Å²) in [6, 6.07) is 5.86. The molecule has 0 atom stereocenters. The molecular weight excluding hydrogens is 264 g/mol. The minimum atomic E-state index is -2.48. The quantitative estimate of drug-likeness (QED) is 0.915. The summed E-state index contributed by atoms with van der Waals surface area (Å²) in [5.41, 5.74) is 2.04. The van der Waals surface area contributed by atoms with Gasteiger partial charge in [-0.3, -0.25) is 0 Å². The van der Waals surface area contributed by atoms with Gasteiger partial charge in [-0.05, 0) is 37.3 Å². The molecule has 1 fully saturated rings. The van der Waals surface area contributed by atoms with Gasteiger partial charge in [-0.1, -0.05) is 17.3 Å². The van der Waals surface area contributed by atoms with Crippen LogP contribution >= 0.6 is 0 Å². The molecule has 1 N–H and O–H groups in total. The molecule has 3 rings (SSSR count). The average molecular weight is 279 g/mol. The number of hydrogen-bond acceptors (Lipinski definition) is 3. The van der Waals surface area contributed by atoms with E-state index in [4.69, 9.17) is 0 Å². The van der Waals surface area contributed by atoms with Crippen LogP contribution in [0.25, 0.3) is 5.69 Å². The van der Waals surface area contributed by atoms with Crippen molar-refractivity contribution in [3.05, 3.63) is 41.2 Å². The number of aromatic nitrogens is 3. The Hall–Kier alpha value is -1.82. The molecule has 1 aromatic heterocycles. The van der Waals surface area contributed by atoms with E-state index in [0.29, 0.717) is 17.3 Å². The van der Waals surface area contributed by atoms with Gasteiger partial charge in [0.2, 0.25) is 0 Å². The van der Waals surface area contributed by atoms with Crippen molar-refractivity contribution in [3.63, 3.8) is 0 Å². The highest BCUT2D eigenvalue weighted by Gasteiger charge is 2.25. The Bertz CT molecular complexity index is 591. The molecule has 1 heterocycles. The highest BCUT2D eigenvalue weighted by Crippen LogP contribution is 2.33. The third-order valence-corrected chi connectivity index (χ3v) is 3.56. The number of rotatable bonds is 5. The van der Waals surface area contributed by atoms with Crippen LogP contribution in [0.4, 0.5) is 8.78 Å². The molecule has 1 saturated carbocycles. The molecule has 1 aliphatic rings. The fourth-order valence-electron chi connectivity index (χ4n) is 2.21. The van der Waals surface area contributed by atoms with E-state index in [2.05, 4.69) is 10.3 Å². The van der Waals surface area contributed by atoms with Crippen molar-refractivity contribution in [1.29, 1.82) is 0 Å². The van der Waals surface area contributed by atoms with Crippen LogP contribution in [-0.4, -0.2) is 20.1 Å². The minimum absolute atomic E-state index is 0.0300. The summed E-state index contributed by atoms with van der Waals surface area (Å²) in [7, 11) is 0. The van der Waals surface area contributed by atoms with Crippen LogP contribution in [0, 0.1) is 5.92 Å². The minimum Gasteiger partial charge on any atom is -0.390 e. The van der Waals surface area contributed by atoms with E-state index in [0.717, 1.165) is 12.1 Å². The number of aliphatic hydroxyl groups excluding tert-OH is 1. The number of hydrogen-bond donors (Lipinski definition) is 1. The third kappa shape index (κ3) is 2.56. The molecule has 0 amide bonds. The zero-order valence-electron chi connectivity index (χ0n) is 10.8. The molecule has 1 aliphatic carbocycles. The Kier molecular flexibility index (Phi) is 3.48. The zero-order valence-corrected chi connectivity index (χ0v) is 10.8. The summed E-state index contributed by atoms with van der Waals surface area (Å²) in [4.78, 5) is 0. The number of aliphatic hydroxyl groups is 1. The van der Waals surface area contributed by atoms with Gasteiger partial charge in [-0.2, -0.15) is 0 Å². The van der Waals surface area contributed by atoms with Crippen LogP contribution in [0.15, 0.2) is 24.3 Å². The van der Waals surface area contributed by atoms with Crippen molar-refractivity contribution in [3.8, 4) is 5.69 Å². The van der Waals surface area contributed by atoms with Gasteiger partial charge >= 0.3 is 0 Å². The van der Waals surface area contributed by atoms with Crippen LogP contribution in [0.1, 0.15) is 36.2 Å². The standard InChI is InChI=1S/C14H15F2N3O/c15-14(16)10-3-5-11(6-4-10)19-13(8-20)12(17-18-19)7-9-1-2-9/h3-6,9,14,20H,1-2,7-8H2. The van der Waals surface area contributed by atoms with Crippen LogP contribution in [-0.2, 0) is 13.0 Å². The van der Waals surface area contributed by atoms with Crippen molar-refractivity contribution in [1.82, 2.24) is 15.0 Å². The number of nitrogens with zero attached hydrogens (tertiary/aromatic N) is 3. The third-order valence-electron chi connectivity index (χ3n) is 3.56. The van der Waals surface area contributed by atoms with E-state index >= 15 is 0 Å². The predicted molar refractivity (Wildman–Crippen MR) is 68.7 cm³/mol. The first-order chi connectivity index (χ1) is 9.69. The highest BCUT2D eigenvalue weighted by atomic mass is 19.3. The largest absolute Gasteiger partial charge is 0.390 e. The number of halogens is 2. The molecule has 4 nitrogen and oxygen atoms in total. The molecular formula is C14H15F2N3O. The first-order valence-corrected chi connectivity index (χ1v) is 6.62.